The topological polar surface area (TPSA) is 29.5 Å². The van der Waals surface area contributed by atoms with Crippen LogP contribution in [0.3, 0.4) is 0 Å². The average Bonchev–Trinajstić information content (AvgIpc) is 3.39. The number of hydrogen-bond acceptors (Lipinski definition) is 4. The zero-order chi connectivity index (χ0) is 18.7. The largest absolute Gasteiger partial charge is 0.381 e. The lowest BCUT2D eigenvalue weighted by Crippen LogP contribution is -2.29. The van der Waals surface area contributed by atoms with E-state index in [9.17, 15) is 4.79 Å². The van der Waals surface area contributed by atoms with Crippen molar-refractivity contribution in [2.24, 2.45) is 0 Å². The van der Waals surface area contributed by atoms with Gasteiger partial charge in [0, 0.05) is 22.8 Å². The Kier molecular flexibility index (Phi) is 8.08. The lowest BCUT2D eigenvalue weighted by Gasteiger charge is -2.21. The predicted octanol–water partition coefficient (Wildman–Crippen LogP) is 5.38. The number of carbonyl (C=O) groups excluding carboxylic acids is 1. The molecule has 142 valence electrons. The Morgan fingerprint density at radius 3 is 2.11 bits per heavy atom. The number of ether oxygens (including phenoxy) is 1. The first-order chi connectivity index (χ1) is 13.3. The molecule has 3 aromatic rings. The number of nitrogens with zero attached hydrogens (tertiary/aromatic N) is 1. The van der Waals surface area contributed by atoms with Crippen molar-refractivity contribution < 1.29 is 9.53 Å². The Morgan fingerprint density at radius 2 is 1.52 bits per heavy atom. The van der Waals surface area contributed by atoms with Crippen LogP contribution in [0.4, 0.5) is 0 Å². The summed E-state index contributed by atoms with van der Waals surface area (Å²) in [5.74, 6) is 0.198. The minimum absolute atomic E-state index is 0.198. The first-order valence-corrected chi connectivity index (χ1v) is 11.0. The van der Waals surface area contributed by atoms with E-state index >= 15 is 0 Å². The molecule has 0 radical (unpaired) electrons. The van der Waals surface area contributed by atoms with Crippen LogP contribution in [0.2, 0.25) is 0 Å². The van der Waals surface area contributed by atoms with Crippen LogP contribution in [0.25, 0.3) is 0 Å². The van der Waals surface area contributed by atoms with Gasteiger partial charge in [0.2, 0.25) is 5.91 Å². The molecule has 0 aliphatic rings. The first kappa shape index (κ1) is 19.8. The second-order valence-corrected chi connectivity index (χ2v) is 8.42. The monoisotopic (exact) mass is 399 g/mol. The third-order valence-corrected chi connectivity index (χ3v) is 5.99. The van der Waals surface area contributed by atoms with Crippen molar-refractivity contribution in [3.05, 3.63) is 80.7 Å². The van der Waals surface area contributed by atoms with E-state index in [2.05, 4.69) is 35.0 Å². The van der Waals surface area contributed by atoms with Gasteiger partial charge in [-0.3, -0.25) is 4.79 Å². The molecule has 0 aliphatic heterocycles. The Morgan fingerprint density at radius 1 is 0.852 bits per heavy atom. The highest BCUT2D eigenvalue weighted by Crippen LogP contribution is 2.18. The predicted molar refractivity (Wildman–Crippen MR) is 113 cm³/mol. The fourth-order valence-corrected chi connectivity index (χ4v) is 4.27. The summed E-state index contributed by atoms with van der Waals surface area (Å²) in [6.07, 6.45) is 2.21. The van der Waals surface area contributed by atoms with Crippen molar-refractivity contribution in [1.29, 1.82) is 0 Å². The summed E-state index contributed by atoms with van der Waals surface area (Å²) in [6.45, 7) is 2.70. The molecule has 0 N–H and O–H groups in total. The highest BCUT2D eigenvalue weighted by atomic mass is 32.1. The fraction of sp³-hybridized carbons (Fsp3) is 0.318. The molecule has 5 heteroatoms. The maximum absolute atomic E-state index is 12.7. The molecule has 0 bridgehead atoms. The minimum Gasteiger partial charge on any atom is -0.381 e. The van der Waals surface area contributed by atoms with Gasteiger partial charge in [-0.05, 0) is 41.3 Å². The van der Waals surface area contributed by atoms with Crippen LogP contribution in [-0.4, -0.2) is 24.0 Å². The number of rotatable bonds is 11. The highest BCUT2D eigenvalue weighted by Gasteiger charge is 2.15. The fourth-order valence-electron chi connectivity index (χ4n) is 2.83. The summed E-state index contributed by atoms with van der Waals surface area (Å²) >= 11 is 3.40. The highest BCUT2D eigenvalue weighted by molar-refractivity contribution is 7.10. The van der Waals surface area contributed by atoms with Gasteiger partial charge in [0.1, 0.15) is 0 Å². The van der Waals surface area contributed by atoms with E-state index in [1.807, 2.05) is 35.2 Å². The molecule has 27 heavy (non-hydrogen) atoms. The lowest BCUT2D eigenvalue weighted by molar-refractivity contribution is -0.132. The molecular weight excluding hydrogens is 374 g/mol. The Balaban J connectivity index is 1.40. The zero-order valence-corrected chi connectivity index (χ0v) is 17.0. The van der Waals surface area contributed by atoms with Gasteiger partial charge in [-0.1, -0.05) is 42.5 Å². The van der Waals surface area contributed by atoms with Gasteiger partial charge in [-0.25, -0.2) is 0 Å². The molecule has 3 rings (SSSR count). The summed E-state index contributed by atoms with van der Waals surface area (Å²) in [5.41, 5.74) is 1.28. The van der Waals surface area contributed by atoms with Gasteiger partial charge in [-0.2, -0.15) is 0 Å². The van der Waals surface area contributed by atoms with Crippen LogP contribution < -0.4 is 0 Å². The maximum Gasteiger partial charge on any atom is 0.223 e. The molecule has 0 saturated carbocycles. The van der Waals surface area contributed by atoms with Gasteiger partial charge in [0.05, 0.1) is 19.7 Å². The minimum atomic E-state index is 0.198. The Labute approximate surface area is 169 Å². The molecule has 0 spiro atoms. The van der Waals surface area contributed by atoms with Gasteiger partial charge in [-0.15, -0.1) is 22.7 Å². The van der Waals surface area contributed by atoms with E-state index in [4.69, 9.17) is 4.74 Å². The normalized spacial score (nSPS) is 10.8. The molecule has 1 aromatic carbocycles. The Hall–Kier alpha value is -1.95. The maximum atomic E-state index is 12.7. The molecule has 3 nitrogen and oxygen atoms in total. The van der Waals surface area contributed by atoms with Crippen LogP contribution >= 0.6 is 22.7 Å². The standard InChI is InChI=1S/C22H25NO2S2/c24-22(11-4-13-25-14-12-19-7-2-1-3-8-19)23(17-20-9-5-15-26-20)18-21-10-6-16-27-21/h1-3,5-10,15-16H,4,11-14,17-18H2. The van der Waals surface area contributed by atoms with Gasteiger partial charge < -0.3 is 9.64 Å². The van der Waals surface area contributed by atoms with E-state index in [1.165, 1.54) is 15.3 Å². The third kappa shape index (κ3) is 6.94. The summed E-state index contributed by atoms with van der Waals surface area (Å²) in [6, 6.07) is 18.6. The van der Waals surface area contributed by atoms with Crippen molar-refractivity contribution in [2.45, 2.75) is 32.4 Å². The van der Waals surface area contributed by atoms with Crippen LogP contribution in [-0.2, 0) is 29.0 Å². The number of benzene rings is 1. The molecule has 0 fully saturated rings. The second-order valence-electron chi connectivity index (χ2n) is 6.36. The number of amides is 1. The molecule has 0 aliphatic carbocycles. The molecule has 2 aromatic heterocycles. The van der Waals surface area contributed by atoms with Crippen molar-refractivity contribution in [1.82, 2.24) is 4.90 Å². The molecule has 1 amide bonds. The number of thiophene rings is 2. The van der Waals surface area contributed by atoms with Crippen LogP contribution in [0, 0.1) is 0 Å². The third-order valence-electron chi connectivity index (χ3n) is 4.26. The SMILES string of the molecule is O=C(CCCOCCc1ccccc1)N(Cc1cccs1)Cc1cccs1. The van der Waals surface area contributed by atoms with E-state index in [-0.39, 0.29) is 5.91 Å². The zero-order valence-electron chi connectivity index (χ0n) is 15.4. The van der Waals surface area contributed by atoms with E-state index in [0.29, 0.717) is 32.7 Å². The van der Waals surface area contributed by atoms with Crippen molar-refractivity contribution in [3.8, 4) is 0 Å². The summed E-state index contributed by atoms with van der Waals surface area (Å²) in [7, 11) is 0. The molecule has 0 unspecified atom stereocenters. The van der Waals surface area contributed by atoms with Crippen molar-refractivity contribution in [2.75, 3.05) is 13.2 Å². The van der Waals surface area contributed by atoms with Gasteiger partial charge >= 0.3 is 0 Å². The van der Waals surface area contributed by atoms with Gasteiger partial charge in [0.15, 0.2) is 0 Å². The molecule has 2 heterocycles. The molecule has 0 atom stereocenters. The van der Waals surface area contributed by atoms with Gasteiger partial charge in [0.25, 0.3) is 0 Å². The van der Waals surface area contributed by atoms with Crippen molar-refractivity contribution in [3.63, 3.8) is 0 Å². The van der Waals surface area contributed by atoms with E-state index < -0.39 is 0 Å². The smallest absolute Gasteiger partial charge is 0.223 e. The quantitative estimate of drug-likeness (QED) is 0.405. The van der Waals surface area contributed by atoms with Crippen molar-refractivity contribution >= 4 is 28.6 Å². The van der Waals surface area contributed by atoms with E-state index in [0.717, 1.165) is 12.8 Å². The first-order valence-electron chi connectivity index (χ1n) is 9.25. The van der Waals surface area contributed by atoms with Crippen LogP contribution in [0.5, 0.6) is 0 Å². The Bertz CT molecular complexity index is 734. The molecule has 0 saturated heterocycles. The van der Waals surface area contributed by atoms with E-state index in [1.54, 1.807) is 22.7 Å². The summed E-state index contributed by atoms with van der Waals surface area (Å²) < 4.78 is 5.71. The average molecular weight is 400 g/mol. The molecular formula is C22H25NO2S2. The summed E-state index contributed by atoms with van der Waals surface area (Å²) in [5, 5.41) is 4.12. The second kappa shape index (κ2) is 11.0. The lowest BCUT2D eigenvalue weighted by atomic mass is 10.2. The van der Waals surface area contributed by atoms with Crippen LogP contribution in [0.15, 0.2) is 65.4 Å². The van der Waals surface area contributed by atoms with Crippen LogP contribution in [0.1, 0.15) is 28.2 Å². The number of carbonyl (C=O) groups is 1. The number of hydrogen-bond donors (Lipinski definition) is 0. The summed E-state index contributed by atoms with van der Waals surface area (Å²) in [4.78, 5) is 17.1.